The molecule has 1 aromatic heterocycles. The molecule has 4 nitrogen and oxygen atoms in total. The molecule has 0 aliphatic heterocycles. The lowest BCUT2D eigenvalue weighted by Gasteiger charge is -2.24. The fourth-order valence-corrected chi connectivity index (χ4v) is 2.98. The number of carbonyl (C=O) groups excluding carboxylic acids is 1. The van der Waals surface area contributed by atoms with Gasteiger partial charge in [0.05, 0.1) is 12.1 Å². The number of nitrogens with one attached hydrogen (secondary N) is 1. The molecule has 2 unspecified atom stereocenters. The van der Waals surface area contributed by atoms with Gasteiger partial charge >= 0.3 is 6.03 Å². The molecule has 0 spiro atoms. The summed E-state index contributed by atoms with van der Waals surface area (Å²) in [5.41, 5.74) is 1.98. The smallest absolute Gasteiger partial charge is 0.317 e. The number of carbonyl (C=O) groups is 1. The molecule has 1 aromatic carbocycles. The van der Waals surface area contributed by atoms with Gasteiger partial charge in [-0.1, -0.05) is 23.7 Å². The summed E-state index contributed by atoms with van der Waals surface area (Å²) in [5, 5.41) is 17.0. The second kappa shape index (κ2) is 7.63. The highest BCUT2D eigenvalue weighted by Crippen LogP contribution is 2.25. The van der Waals surface area contributed by atoms with E-state index in [0.29, 0.717) is 5.02 Å². The van der Waals surface area contributed by atoms with Gasteiger partial charge in [0, 0.05) is 18.6 Å². The van der Waals surface area contributed by atoms with Crippen molar-refractivity contribution in [1.82, 2.24) is 10.2 Å². The van der Waals surface area contributed by atoms with Gasteiger partial charge in [-0.05, 0) is 47.0 Å². The van der Waals surface area contributed by atoms with E-state index >= 15 is 0 Å². The van der Waals surface area contributed by atoms with Crippen molar-refractivity contribution in [1.29, 1.82) is 0 Å². The van der Waals surface area contributed by atoms with Gasteiger partial charge in [0.15, 0.2) is 0 Å². The zero-order chi connectivity index (χ0) is 16.1. The molecule has 0 bridgehead atoms. The number of amides is 2. The highest BCUT2D eigenvalue weighted by atomic mass is 35.5. The monoisotopic (exact) mass is 338 g/mol. The maximum Gasteiger partial charge on any atom is 0.317 e. The van der Waals surface area contributed by atoms with Crippen LogP contribution in [0.1, 0.15) is 24.1 Å². The predicted molar refractivity (Wildman–Crippen MR) is 90.5 cm³/mol. The Morgan fingerprint density at radius 2 is 2.00 bits per heavy atom. The Balaban J connectivity index is 2.19. The number of rotatable bonds is 5. The van der Waals surface area contributed by atoms with Crippen LogP contribution in [0.4, 0.5) is 4.79 Å². The summed E-state index contributed by atoms with van der Waals surface area (Å²) in [7, 11) is 1.66. The van der Waals surface area contributed by atoms with Gasteiger partial charge in [-0.15, -0.1) is 0 Å². The van der Waals surface area contributed by atoms with E-state index in [9.17, 15) is 9.90 Å². The van der Waals surface area contributed by atoms with Gasteiger partial charge in [-0.3, -0.25) is 0 Å². The van der Waals surface area contributed by atoms with Gasteiger partial charge in [0.2, 0.25) is 0 Å². The van der Waals surface area contributed by atoms with Crippen LogP contribution >= 0.6 is 22.9 Å². The van der Waals surface area contributed by atoms with Crippen molar-refractivity contribution in [2.24, 2.45) is 0 Å². The Morgan fingerprint density at radius 3 is 2.55 bits per heavy atom. The number of thiophene rings is 1. The molecule has 2 atom stereocenters. The third-order valence-corrected chi connectivity index (χ3v) is 4.19. The van der Waals surface area contributed by atoms with Gasteiger partial charge < -0.3 is 15.3 Å². The minimum Gasteiger partial charge on any atom is -0.392 e. The largest absolute Gasteiger partial charge is 0.392 e. The van der Waals surface area contributed by atoms with E-state index in [0.717, 1.165) is 11.1 Å². The molecule has 118 valence electrons. The van der Waals surface area contributed by atoms with E-state index in [1.54, 1.807) is 25.3 Å². The van der Waals surface area contributed by atoms with Crippen molar-refractivity contribution in [2.45, 2.75) is 19.1 Å². The number of hydrogen-bond donors (Lipinski definition) is 2. The Bertz CT molecular complexity index is 599. The van der Waals surface area contributed by atoms with E-state index in [1.807, 2.05) is 41.1 Å². The number of benzene rings is 1. The molecule has 2 rings (SSSR count). The molecule has 2 aromatic rings. The van der Waals surface area contributed by atoms with Gasteiger partial charge in [0.25, 0.3) is 0 Å². The average Bonchev–Trinajstić information content (AvgIpc) is 2.98. The Hall–Kier alpha value is -1.56. The lowest BCUT2D eigenvalue weighted by molar-refractivity contribution is 0.143. The SMILES string of the molecule is CC(O)CN(C)C(=O)NC(c1ccc(Cl)cc1)c1ccsc1. The van der Waals surface area contributed by atoms with Crippen molar-refractivity contribution < 1.29 is 9.90 Å². The summed E-state index contributed by atoms with van der Waals surface area (Å²) in [6, 6.07) is 8.93. The van der Waals surface area contributed by atoms with E-state index in [2.05, 4.69) is 5.32 Å². The number of urea groups is 1. The van der Waals surface area contributed by atoms with Crippen LogP contribution in [0.25, 0.3) is 0 Å². The Kier molecular flexibility index (Phi) is 5.83. The molecule has 6 heteroatoms. The normalized spacial score (nSPS) is 13.5. The van der Waals surface area contributed by atoms with Crippen molar-refractivity contribution in [2.75, 3.05) is 13.6 Å². The van der Waals surface area contributed by atoms with Crippen LogP contribution in [0.2, 0.25) is 5.02 Å². The van der Waals surface area contributed by atoms with E-state index in [1.165, 1.54) is 4.90 Å². The number of nitrogens with zero attached hydrogens (tertiary/aromatic N) is 1. The quantitative estimate of drug-likeness (QED) is 0.876. The summed E-state index contributed by atoms with van der Waals surface area (Å²) >= 11 is 7.51. The van der Waals surface area contributed by atoms with Crippen molar-refractivity contribution in [3.63, 3.8) is 0 Å². The summed E-state index contributed by atoms with van der Waals surface area (Å²) < 4.78 is 0. The third kappa shape index (κ3) is 4.47. The van der Waals surface area contributed by atoms with Crippen LogP contribution in [0.15, 0.2) is 41.1 Å². The fraction of sp³-hybridized carbons (Fsp3) is 0.312. The molecular weight excluding hydrogens is 320 g/mol. The van der Waals surface area contributed by atoms with Crippen LogP contribution in [0.3, 0.4) is 0 Å². The zero-order valence-corrected chi connectivity index (χ0v) is 14.1. The zero-order valence-electron chi connectivity index (χ0n) is 12.5. The first-order valence-electron chi connectivity index (χ1n) is 6.94. The minimum atomic E-state index is -0.564. The van der Waals surface area contributed by atoms with Crippen LogP contribution in [-0.2, 0) is 0 Å². The first-order valence-corrected chi connectivity index (χ1v) is 8.26. The summed E-state index contributed by atoms with van der Waals surface area (Å²) in [6.07, 6.45) is -0.564. The van der Waals surface area contributed by atoms with Crippen LogP contribution < -0.4 is 5.32 Å². The maximum absolute atomic E-state index is 12.3. The highest BCUT2D eigenvalue weighted by molar-refractivity contribution is 7.08. The molecule has 0 aliphatic carbocycles. The standard InChI is InChI=1S/C16H19ClN2O2S/c1-11(20)9-19(2)16(21)18-15(13-7-8-22-10-13)12-3-5-14(17)6-4-12/h3-8,10-11,15,20H,9H2,1-2H3,(H,18,21). The molecule has 0 saturated heterocycles. The molecule has 2 amide bonds. The number of hydrogen-bond acceptors (Lipinski definition) is 3. The molecule has 2 N–H and O–H groups in total. The van der Waals surface area contributed by atoms with Gasteiger partial charge in [-0.25, -0.2) is 4.79 Å². The topological polar surface area (TPSA) is 52.6 Å². The highest BCUT2D eigenvalue weighted by Gasteiger charge is 2.20. The molecular formula is C16H19ClN2O2S. The molecule has 0 radical (unpaired) electrons. The first-order chi connectivity index (χ1) is 10.5. The number of likely N-dealkylation sites (N-methyl/N-ethyl adjacent to an activating group) is 1. The second-order valence-electron chi connectivity index (χ2n) is 5.22. The van der Waals surface area contributed by atoms with Crippen molar-refractivity contribution in [3.8, 4) is 0 Å². The Morgan fingerprint density at radius 1 is 1.32 bits per heavy atom. The van der Waals surface area contributed by atoms with Gasteiger partial charge in [-0.2, -0.15) is 11.3 Å². The molecule has 0 saturated carbocycles. The lowest BCUT2D eigenvalue weighted by Crippen LogP contribution is -2.42. The van der Waals surface area contributed by atoms with Crippen molar-refractivity contribution in [3.05, 3.63) is 57.2 Å². The minimum absolute atomic E-state index is 0.230. The second-order valence-corrected chi connectivity index (χ2v) is 6.44. The molecule has 0 aliphatic rings. The summed E-state index contributed by atoms with van der Waals surface area (Å²) in [6.45, 7) is 1.93. The van der Waals surface area contributed by atoms with E-state index < -0.39 is 6.10 Å². The van der Waals surface area contributed by atoms with E-state index in [-0.39, 0.29) is 18.6 Å². The fourth-order valence-electron chi connectivity index (χ4n) is 2.17. The molecule has 22 heavy (non-hydrogen) atoms. The van der Waals surface area contributed by atoms with E-state index in [4.69, 9.17) is 11.6 Å². The maximum atomic E-state index is 12.3. The number of aliphatic hydroxyl groups excluding tert-OH is 1. The third-order valence-electron chi connectivity index (χ3n) is 3.23. The van der Waals surface area contributed by atoms with Crippen LogP contribution in [-0.4, -0.2) is 35.7 Å². The molecule has 1 heterocycles. The van der Waals surface area contributed by atoms with Crippen LogP contribution in [0.5, 0.6) is 0 Å². The molecule has 0 fully saturated rings. The first kappa shape index (κ1) is 16.8. The average molecular weight is 339 g/mol. The summed E-state index contributed by atoms with van der Waals surface area (Å²) in [5.74, 6) is 0. The van der Waals surface area contributed by atoms with Crippen LogP contribution in [0, 0.1) is 0 Å². The number of aliphatic hydroxyl groups is 1. The lowest BCUT2D eigenvalue weighted by atomic mass is 10.0. The predicted octanol–water partition coefficient (Wildman–Crippen LogP) is 3.51. The Labute approximate surface area is 139 Å². The van der Waals surface area contributed by atoms with Gasteiger partial charge in [0.1, 0.15) is 0 Å². The number of halogens is 1. The summed E-state index contributed by atoms with van der Waals surface area (Å²) in [4.78, 5) is 13.8. The van der Waals surface area contributed by atoms with Crippen molar-refractivity contribution >= 4 is 29.0 Å².